The van der Waals surface area contributed by atoms with Gasteiger partial charge < -0.3 is 15.7 Å². The van der Waals surface area contributed by atoms with Crippen molar-refractivity contribution in [3.8, 4) is 0 Å². The molecule has 1 aromatic heterocycles. The molecule has 0 unspecified atom stereocenters. The Balaban J connectivity index is 1.70. The topological polar surface area (TPSA) is 96.2 Å². The van der Waals surface area contributed by atoms with E-state index in [1.54, 1.807) is 0 Å². The van der Waals surface area contributed by atoms with Gasteiger partial charge in [-0.25, -0.2) is 4.68 Å². The summed E-state index contributed by atoms with van der Waals surface area (Å²) in [4.78, 5) is 25.3. The SMILES string of the molecule is C[C@@H]1[C@@H](C)C(C)(C)[C@@H](C)C[C@H]1Nc1cnn(CC(=O)N[C@H](CO)c2ccccc2)c(=O)c1Cl. The molecule has 3 N–H and O–H groups in total. The molecule has 2 aromatic rings. The van der Waals surface area contributed by atoms with Gasteiger partial charge in [0.1, 0.15) is 11.6 Å². The lowest BCUT2D eigenvalue weighted by atomic mass is 9.58. The Morgan fingerprint density at radius 2 is 1.94 bits per heavy atom. The zero-order valence-corrected chi connectivity index (χ0v) is 20.8. The summed E-state index contributed by atoms with van der Waals surface area (Å²) in [6, 6.07) is 8.77. The predicted octanol–water partition coefficient (Wildman–Crippen LogP) is 3.87. The second-order valence-electron chi connectivity index (χ2n) is 9.91. The Morgan fingerprint density at radius 1 is 1.27 bits per heavy atom. The summed E-state index contributed by atoms with van der Waals surface area (Å²) in [6.45, 7) is 10.9. The average molecular weight is 475 g/mol. The van der Waals surface area contributed by atoms with Gasteiger partial charge in [0.25, 0.3) is 5.56 Å². The van der Waals surface area contributed by atoms with Crippen molar-refractivity contribution < 1.29 is 9.90 Å². The fourth-order valence-corrected chi connectivity index (χ4v) is 4.94. The van der Waals surface area contributed by atoms with Crippen LogP contribution in [-0.2, 0) is 11.3 Å². The van der Waals surface area contributed by atoms with E-state index in [0.29, 0.717) is 23.4 Å². The fraction of sp³-hybridized carbons (Fsp3) is 0.560. The molecule has 0 spiro atoms. The third-order valence-electron chi connectivity index (χ3n) is 7.81. The van der Waals surface area contributed by atoms with E-state index in [2.05, 4.69) is 50.4 Å². The highest BCUT2D eigenvalue weighted by Crippen LogP contribution is 2.48. The van der Waals surface area contributed by atoms with Crippen LogP contribution >= 0.6 is 11.6 Å². The molecule has 0 aliphatic heterocycles. The Hall–Kier alpha value is -2.38. The van der Waals surface area contributed by atoms with E-state index in [1.165, 1.54) is 6.20 Å². The zero-order chi connectivity index (χ0) is 24.3. The molecule has 1 aliphatic rings. The molecule has 5 atom stereocenters. The maximum atomic E-state index is 12.8. The molecule has 7 nitrogen and oxygen atoms in total. The number of anilines is 1. The lowest BCUT2D eigenvalue weighted by molar-refractivity contribution is -0.123. The molecule has 1 aliphatic carbocycles. The van der Waals surface area contributed by atoms with E-state index in [9.17, 15) is 14.7 Å². The first-order valence-electron chi connectivity index (χ1n) is 11.5. The lowest BCUT2D eigenvalue weighted by Gasteiger charge is -2.50. The number of halogens is 1. The predicted molar refractivity (Wildman–Crippen MR) is 131 cm³/mol. The van der Waals surface area contributed by atoms with E-state index in [-0.39, 0.29) is 29.6 Å². The van der Waals surface area contributed by atoms with Gasteiger partial charge in [0.2, 0.25) is 5.91 Å². The van der Waals surface area contributed by atoms with Crippen LogP contribution < -0.4 is 16.2 Å². The van der Waals surface area contributed by atoms with E-state index < -0.39 is 17.5 Å². The number of hydrogen-bond donors (Lipinski definition) is 3. The van der Waals surface area contributed by atoms with Crippen LogP contribution in [0.25, 0.3) is 0 Å². The molecule has 1 heterocycles. The first kappa shape index (κ1) is 25.2. The molecule has 1 amide bonds. The summed E-state index contributed by atoms with van der Waals surface area (Å²) >= 11 is 6.40. The van der Waals surface area contributed by atoms with Crippen LogP contribution in [0.5, 0.6) is 0 Å². The van der Waals surface area contributed by atoms with E-state index in [0.717, 1.165) is 16.7 Å². The Bertz CT molecular complexity index is 1020. The van der Waals surface area contributed by atoms with Crippen LogP contribution in [0, 0.1) is 23.2 Å². The highest BCUT2D eigenvalue weighted by atomic mass is 35.5. The number of benzene rings is 1. The quantitative estimate of drug-likeness (QED) is 0.566. The van der Waals surface area contributed by atoms with Gasteiger partial charge in [-0.3, -0.25) is 9.59 Å². The Labute approximate surface area is 200 Å². The second-order valence-corrected chi connectivity index (χ2v) is 10.3. The second kappa shape index (κ2) is 10.3. The van der Waals surface area contributed by atoms with Crippen molar-refractivity contribution in [2.45, 2.75) is 59.7 Å². The summed E-state index contributed by atoms with van der Waals surface area (Å²) in [6.07, 6.45) is 2.49. The molecule has 33 heavy (non-hydrogen) atoms. The van der Waals surface area contributed by atoms with E-state index in [4.69, 9.17) is 11.6 Å². The van der Waals surface area contributed by atoms with Gasteiger partial charge in [-0.1, -0.05) is 76.6 Å². The van der Waals surface area contributed by atoms with Crippen molar-refractivity contribution in [1.29, 1.82) is 0 Å². The molecule has 0 saturated heterocycles. The molecular weight excluding hydrogens is 440 g/mol. The van der Waals surface area contributed by atoms with Crippen molar-refractivity contribution in [3.63, 3.8) is 0 Å². The molecule has 8 heteroatoms. The van der Waals surface area contributed by atoms with Gasteiger partial charge in [-0.2, -0.15) is 5.10 Å². The van der Waals surface area contributed by atoms with Gasteiger partial charge in [0.15, 0.2) is 0 Å². The Morgan fingerprint density at radius 3 is 2.58 bits per heavy atom. The molecule has 1 fully saturated rings. The number of carbonyl (C=O) groups is 1. The number of carbonyl (C=O) groups excluding carboxylic acids is 1. The number of nitrogens with one attached hydrogen (secondary N) is 2. The molecule has 1 saturated carbocycles. The minimum absolute atomic E-state index is 0.0249. The van der Waals surface area contributed by atoms with Crippen molar-refractivity contribution in [2.75, 3.05) is 11.9 Å². The third kappa shape index (κ3) is 5.41. The molecule has 0 bridgehead atoms. The largest absolute Gasteiger partial charge is 0.394 e. The normalized spacial score (nSPS) is 25.3. The monoisotopic (exact) mass is 474 g/mol. The number of aliphatic hydroxyl groups excluding tert-OH is 1. The maximum Gasteiger partial charge on any atom is 0.288 e. The minimum atomic E-state index is -0.563. The summed E-state index contributed by atoms with van der Waals surface area (Å²) in [7, 11) is 0. The fourth-order valence-electron chi connectivity index (χ4n) is 4.74. The van der Waals surface area contributed by atoms with Crippen molar-refractivity contribution in [1.82, 2.24) is 15.1 Å². The van der Waals surface area contributed by atoms with Crippen LogP contribution in [0.15, 0.2) is 41.3 Å². The van der Waals surface area contributed by atoms with Crippen LogP contribution in [0.4, 0.5) is 5.69 Å². The molecule has 0 radical (unpaired) electrons. The average Bonchev–Trinajstić information content (AvgIpc) is 2.80. The van der Waals surface area contributed by atoms with Gasteiger partial charge in [-0.15, -0.1) is 0 Å². The standard InChI is InChI=1S/C25H35ClN4O3/c1-15-11-19(16(2)17(3)25(15,4)5)28-20-12-27-30(24(33)23(20)26)13-22(32)29-21(14-31)18-9-7-6-8-10-18/h6-10,12,15-17,19,21,28,31H,11,13-14H2,1-5H3,(H,29,32)/t15-,16+,17+,19+,21+/m0/s1. The zero-order valence-electron chi connectivity index (χ0n) is 20.0. The molecule has 3 rings (SSSR count). The first-order valence-corrected chi connectivity index (χ1v) is 11.9. The van der Waals surface area contributed by atoms with Crippen molar-refractivity contribution in [3.05, 3.63) is 57.5 Å². The van der Waals surface area contributed by atoms with E-state index in [1.807, 2.05) is 30.3 Å². The van der Waals surface area contributed by atoms with Crippen LogP contribution in [0.1, 0.15) is 52.6 Å². The first-order chi connectivity index (χ1) is 15.6. The number of hydrogen-bond acceptors (Lipinski definition) is 5. The molecular formula is C25H35ClN4O3. The third-order valence-corrected chi connectivity index (χ3v) is 8.18. The van der Waals surface area contributed by atoms with E-state index >= 15 is 0 Å². The minimum Gasteiger partial charge on any atom is -0.394 e. The van der Waals surface area contributed by atoms with Gasteiger partial charge in [0.05, 0.1) is 24.5 Å². The number of amides is 1. The lowest BCUT2D eigenvalue weighted by Crippen LogP contribution is -2.48. The smallest absolute Gasteiger partial charge is 0.288 e. The van der Waals surface area contributed by atoms with Gasteiger partial charge in [-0.05, 0) is 35.2 Å². The van der Waals surface area contributed by atoms with Crippen LogP contribution in [0.2, 0.25) is 5.02 Å². The van der Waals surface area contributed by atoms with Crippen LogP contribution in [0.3, 0.4) is 0 Å². The molecule has 180 valence electrons. The summed E-state index contributed by atoms with van der Waals surface area (Å²) in [5, 5.41) is 20.0. The van der Waals surface area contributed by atoms with Crippen molar-refractivity contribution in [2.24, 2.45) is 23.2 Å². The number of aliphatic hydroxyl groups is 1. The van der Waals surface area contributed by atoms with Gasteiger partial charge >= 0.3 is 0 Å². The van der Waals surface area contributed by atoms with Crippen molar-refractivity contribution >= 4 is 23.2 Å². The number of aromatic nitrogens is 2. The molecule has 1 aromatic carbocycles. The van der Waals surface area contributed by atoms with Gasteiger partial charge in [0, 0.05) is 6.04 Å². The summed E-state index contributed by atoms with van der Waals surface area (Å²) in [5.41, 5.74) is 0.982. The summed E-state index contributed by atoms with van der Waals surface area (Å²) in [5.74, 6) is 0.976. The Kier molecular flexibility index (Phi) is 7.85. The highest BCUT2D eigenvalue weighted by molar-refractivity contribution is 6.32. The number of rotatable bonds is 7. The number of nitrogens with zero attached hydrogens (tertiary/aromatic N) is 2. The van der Waals surface area contributed by atoms with Crippen LogP contribution in [-0.4, -0.2) is 33.4 Å². The highest BCUT2D eigenvalue weighted by Gasteiger charge is 2.43. The summed E-state index contributed by atoms with van der Waals surface area (Å²) < 4.78 is 1.04. The maximum absolute atomic E-state index is 12.8.